The summed E-state index contributed by atoms with van der Waals surface area (Å²) in [5.74, 6) is -2.04. The Morgan fingerprint density at radius 2 is 2.00 bits per heavy atom. The topological polar surface area (TPSA) is 92.4 Å². The number of nitrogens with one attached hydrogen (secondary N) is 1. The third-order valence-electron chi connectivity index (χ3n) is 3.07. The maximum Gasteiger partial charge on any atom is 0.308 e. The van der Waals surface area contributed by atoms with Crippen molar-refractivity contribution in [2.45, 2.75) is 13.8 Å². The lowest BCUT2D eigenvalue weighted by Gasteiger charge is -2.05. The van der Waals surface area contributed by atoms with E-state index in [1.54, 1.807) is 0 Å². The molecule has 0 fully saturated rings. The van der Waals surface area contributed by atoms with Crippen molar-refractivity contribution in [3.63, 3.8) is 0 Å². The number of hydrogen-bond donors (Lipinski definition) is 2. The van der Waals surface area contributed by atoms with Crippen molar-refractivity contribution < 1.29 is 19.2 Å². The Balaban J connectivity index is 2.04. The summed E-state index contributed by atoms with van der Waals surface area (Å²) in [4.78, 5) is 22.5. The zero-order valence-electron chi connectivity index (χ0n) is 11.8. The molecule has 0 aliphatic rings. The fourth-order valence-electron chi connectivity index (χ4n) is 1.66. The molecule has 0 aliphatic heterocycles. The van der Waals surface area contributed by atoms with Crippen molar-refractivity contribution in [3.05, 3.63) is 41.7 Å². The lowest BCUT2D eigenvalue weighted by Crippen LogP contribution is -2.31. The summed E-state index contributed by atoms with van der Waals surface area (Å²) in [5.41, 5.74) is 2.54. The van der Waals surface area contributed by atoms with Crippen LogP contribution in [0.25, 0.3) is 11.3 Å². The smallest absolute Gasteiger partial charge is 0.308 e. The van der Waals surface area contributed by atoms with E-state index in [-0.39, 0.29) is 12.3 Å². The number of carbonyl (C=O) groups excluding carboxylic acids is 1. The van der Waals surface area contributed by atoms with Gasteiger partial charge in [-0.05, 0) is 6.92 Å². The third-order valence-corrected chi connectivity index (χ3v) is 3.07. The van der Waals surface area contributed by atoms with Gasteiger partial charge in [0.05, 0.1) is 5.92 Å². The zero-order chi connectivity index (χ0) is 15.4. The van der Waals surface area contributed by atoms with Crippen LogP contribution in [-0.2, 0) is 4.79 Å². The van der Waals surface area contributed by atoms with E-state index in [2.05, 4.69) is 10.5 Å². The lowest BCUT2D eigenvalue weighted by atomic mass is 10.1. The summed E-state index contributed by atoms with van der Waals surface area (Å²) in [7, 11) is 0. The predicted molar refractivity (Wildman–Crippen MR) is 75.8 cm³/mol. The molecule has 2 aromatic rings. The number of carbonyl (C=O) groups is 2. The van der Waals surface area contributed by atoms with Gasteiger partial charge in [0.15, 0.2) is 0 Å². The number of amides is 1. The third kappa shape index (κ3) is 3.68. The van der Waals surface area contributed by atoms with Gasteiger partial charge in [0.25, 0.3) is 5.91 Å². The number of carboxylic acid groups (broad SMARTS) is 1. The van der Waals surface area contributed by atoms with Gasteiger partial charge in [0.2, 0.25) is 5.76 Å². The number of aryl methyl sites for hydroxylation is 1. The molecule has 1 atom stereocenters. The second-order valence-electron chi connectivity index (χ2n) is 4.89. The van der Waals surface area contributed by atoms with Crippen LogP contribution in [-0.4, -0.2) is 28.7 Å². The average Bonchev–Trinajstić information content (AvgIpc) is 2.94. The fraction of sp³-hybridized carbons (Fsp3) is 0.267. The van der Waals surface area contributed by atoms with Crippen LogP contribution in [0.4, 0.5) is 0 Å². The molecule has 1 aromatic carbocycles. The first kappa shape index (κ1) is 14.8. The Morgan fingerprint density at radius 1 is 1.33 bits per heavy atom. The van der Waals surface area contributed by atoms with Crippen LogP contribution < -0.4 is 5.32 Å². The molecule has 2 N–H and O–H groups in total. The zero-order valence-corrected chi connectivity index (χ0v) is 11.8. The fourth-order valence-corrected chi connectivity index (χ4v) is 1.66. The molecular weight excluding hydrogens is 272 g/mol. The predicted octanol–water partition coefficient (Wildman–Crippen LogP) is 2.10. The van der Waals surface area contributed by atoms with Crippen molar-refractivity contribution in [1.82, 2.24) is 10.5 Å². The number of benzene rings is 1. The second-order valence-corrected chi connectivity index (χ2v) is 4.89. The standard InChI is InChI=1S/C15H16N2O4/c1-9-3-5-11(6-4-9)12-7-13(21-17-12)14(18)16-8-10(2)15(19)20/h3-7,10H,8H2,1-2H3,(H,16,18)(H,19,20). The van der Waals surface area contributed by atoms with Crippen molar-refractivity contribution in [2.75, 3.05) is 6.54 Å². The highest BCUT2D eigenvalue weighted by Crippen LogP contribution is 2.19. The molecule has 1 aromatic heterocycles. The number of aromatic nitrogens is 1. The second kappa shape index (κ2) is 6.21. The van der Waals surface area contributed by atoms with Gasteiger partial charge in [-0.15, -0.1) is 0 Å². The van der Waals surface area contributed by atoms with E-state index in [1.807, 2.05) is 31.2 Å². The van der Waals surface area contributed by atoms with Crippen LogP contribution in [0.15, 0.2) is 34.9 Å². The molecule has 0 bridgehead atoms. The molecule has 0 saturated carbocycles. The number of rotatable bonds is 5. The van der Waals surface area contributed by atoms with Crippen molar-refractivity contribution >= 4 is 11.9 Å². The van der Waals surface area contributed by atoms with Crippen LogP contribution in [0.1, 0.15) is 23.0 Å². The normalized spacial score (nSPS) is 11.9. The van der Waals surface area contributed by atoms with Gasteiger partial charge in [-0.3, -0.25) is 9.59 Å². The summed E-state index contributed by atoms with van der Waals surface area (Å²) in [6.45, 7) is 3.53. The highest BCUT2D eigenvalue weighted by atomic mass is 16.5. The van der Waals surface area contributed by atoms with E-state index in [0.717, 1.165) is 11.1 Å². The molecule has 0 radical (unpaired) electrons. The first-order valence-corrected chi connectivity index (χ1v) is 6.52. The largest absolute Gasteiger partial charge is 0.481 e. The van der Waals surface area contributed by atoms with Gasteiger partial charge < -0.3 is 14.9 Å². The van der Waals surface area contributed by atoms with E-state index in [4.69, 9.17) is 9.63 Å². The number of carboxylic acids is 1. The molecule has 0 saturated heterocycles. The van der Waals surface area contributed by atoms with Crippen LogP contribution in [0, 0.1) is 12.8 Å². The minimum Gasteiger partial charge on any atom is -0.481 e. The minimum absolute atomic E-state index is 0.0364. The van der Waals surface area contributed by atoms with Crippen LogP contribution >= 0.6 is 0 Å². The summed E-state index contributed by atoms with van der Waals surface area (Å²) in [6, 6.07) is 9.20. The van der Waals surface area contributed by atoms with Gasteiger partial charge in [-0.2, -0.15) is 0 Å². The summed E-state index contributed by atoms with van der Waals surface area (Å²) in [6.07, 6.45) is 0. The van der Waals surface area contributed by atoms with Crippen molar-refractivity contribution in [2.24, 2.45) is 5.92 Å². The maximum atomic E-state index is 11.8. The van der Waals surface area contributed by atoms with E-state index in [0.29, 0.717) is 5.69 Å². The van der Waals surface area contributed by atoms with E-state index in [1.165, 1.54) is 13.0 Å². The number of nitrogens with zero attached hydrogens (tertiary/aromatic N) is 1. The lowest BCUT2D eigenvalue weighted by molar-refractivity contribution is -0.140. The molecule has 0 spiro atoms. The number of aliphatic carboxylic acids is 1. The Labute approximate surface area is 121 Å². The van der Waals surface area contributed by atoms with E-state index in [9.17, 15) is 9.59 Å². The van der Waals surface area contributed by atoms with Crippen molar-refractivity contribution in [3.8, 4) is 11.3 Å². The molecule has 1 unspecified atom stereocenters. The molecule has 110 valence electrons. The summed E-state index contributed by atoms with van der Waals surface area (Å²) >= 11 is 0. The Bertz CT molecular complexity index is 646. The van der Waals surface area contributed by atoms with E-state index < -0.39 is 17.8 Å². The summed E-state index contributed by atoms with van der Waals surface area (Å²) < 4.78 is 4.99. The van der Waals surface area contributed by atoms with Crippen LogP contribution in [0.2, 0.25) is 0 Å². The highest BCUT2D eigenvalue weighted by Gasteiger charge is 2.17. The molecule has 2 rings (SSSR count). The average molecular weight is 288 g/mol. The van der Waals surface area contributed by atoms with Crippen LogP contribution in [0.5, 0.6) is 0 Å². The SMILES string of the molecule is Cc1ccc(-c2cc(C(=O)NCC(C)C(=O)O)on2)cc1. The molecular formula is C15H16N2O4. The van der Waals surface area contributed by atoms with Crippen molar-refractivity contribution in [1.29, 1.82) is 0 Å². The van der Waals surface area contributed by atoms with Gasteiger partial charge >= 0.3 is 5.97 Å². The molecule has 1 heterocycles. The molecule has 21 heavy (non-hydrogen) atoms. The molecule has 0 aliphatic carbocycles. The summed E-state index contributed by atoms with van der Waals surface area (Å²) in [5, 5.41) is 15.1. The molecule has 6 nitrogen and oxygen atoms in total. The number of hydrogen-bond acceptors (Lipinski definition) is 4. The Morgan fingerprint density at radius 3 is 2.62 bits per heavy atom. The minimum atomic E-state index is -0.965. The molecule has 1 amide bonds. The van der Waals surface area contributed by atoms with Gasteiger partial charge in [-0.1, -0.05) is 41.9 Å². The van der Waals surface area contributed by atoms with Gasteiger partial charge in [-0.25, -0.2) is 0 Å². The quantitative estimate of drug-likeness (QED) is 0.879. The van der Waals surface area contributed by atoms with Gasteiger partial charge in [0, 0.05) is 18.2 Å². The monoisotopic (exact) mass is 288 g/mol. The van der Waals surface area contributed by atoms with Gasteiger partial charge in [0.1, 0.15) is 5.69 Å². The van der Waals surface area contributed by atoms with E-state index >= 15 is 0 Å². The Hall–Kier alpha value is -2.63. The first-order valence-electron chi connectivity index (χ1n) is 6.52. The maximum absolute atomic E-state index is 11.8. The first-order chi connectivity index (χ1) is 9.97. The highest BCUT2D eigenvalue weighted by molar-refractivity contribution is 5.92. The molecule has 6 heteroatoms. The Kier molecular flexibility index (Phi) is 4.37. The van der Waals surface area contributed by atoms with Crippen LogP contribution in [0.3, 0.4) is 0 Å².